The average molecular weight is 527 g/mol. The van der Waals surface area contributed by atoms with Gasteiger partial charge in [-0.2, -0.15) is 0 Å². The molecule has 2 aromatic carbocycles. The van der Waals surface area contributed by atoms with E-state index in [-0.39, 0.29) is 23.8 Å². The van der Waals surface area contributed by atoms with Gasteiger partial charge in [0.2, 0.25) is 11.8 Å². The van der Waals surface area contributed by atoms with E-state index in [4.69, 9.17) is 10.5 Å². The maximum atomic E-state index is 12.8. The van der Waals surface area contributed by atoms with Gasteiger partial charge in [-0.05, 0) is 91.3 Å². The minimum atomic E-state index is -0.346. The van der Waals surface area contributed by atoms with Crippen LogP contribution in [0.15, 0.2) is 54.7 Å². The number of piperidine rings is 1. The Kier molecular flexibility index (Phi) is 7.42. The van der Waals surface area contributed by atoms with E-state index < -0.39 is 0 Å². The number of hydrogen-bond donors (Lipinski definition) is 3. The Morgan fingerprint density at radius 3 is 2.64 bits per heavy atom. The summed E-state index contributed by atoms with van der Waals surface area (Å²) in [6.07, 6.45) is 12.4. The van der Waals surface area contributed by atoms with Gasteiger partial charge in [-0.15, -0.1) is 0 Å². The zero-order valence-corrected chi connectivity index (χ0v) is 22.4. The van der Waals surface area contributed by atoms with Gasteiger partial charge in [-0.25, -0.2) is 0 Å². The lowest BCUT2D eigenvalue weighted by Crippen LogP contribution is -2.54. The maximum Gasteiger partial charge on any atom is 0.246 e. The molecule has 1 unspecified atom stereocenters. The number of nitrogens with two attached hydrogens (primary N) is 1. The van der Waals surface area contributed by atoms with Crippen LogP contribution in [0.2, 0.25) is 0 Å². The van der Waals surface area contributed by atoms with Gasteiger partial charge in [0.25, 0.3) is 0 Å². The standard InChI is InChI=1S/C32H38N4O3/c33-32(38)31(35-25-9-7-22(8-10-25)27-20-34-28-4-2-1-3-26(27)28)23-13-16-36(17-14-23)30(37)12-6-21-5-11-29-24(19-21)15-18-39-29/h1-6,11-12,19-20,22-23,25,31,34-35H,7-10,13-18H2,(H2,33,38). The van der Waals surface area contributed by atoms with Crippen LogP contribution in [-0.2, 0) is 16.0 Å². The van der Waals surface area contributed by atoms with E-state index in [1.807, 2.05) is 23.1 Å². The van der Waals surface area contributed by atoms with Crippen LogP contribution < -0.4 is 15.8 Å². The Bertz CT molecular complexity index is 1360. The van der Waals surface area contributed by atoms with Crippen LogP contribution >= 0.6 is 0 Å². The number of carbonyl (C=O) groups is 2. The van der Waals surface area contributed by atoms with Gasteiger partial charge in [0.1, 0.15) is 5.75 Å². The number of hydrogen-bond acceptors (Lipinski definition) is 4. The van der Waals surface area contributed by atoms with Gasteiger partial charge in [0, 0.05) is 48.7 Å². The van der Waals surface area contributed by atoms with Crippen molar-refractivity contribution in [1.82, 2.24) is 15.2 Å². The lowest BCUT2D eigenvalue weighted by Gasteiger charge is -2.38. The van der Waals surface area contributed by atoms with Crippen molar-refractivity contribution < 1.29 is 14.3 Å². The van der Waals surface area contributed by atoms with Gasteiger partial charge < -0.3 is 25.7 Å². The fourth-order valence-corrected chi connectivity index (χ4v) is 6.74. The summed E-state index contributed by atoms with van der Waals surface area (Å²) in [5, 5.41) is 4.95. The summed E-state index contributed by atoms with van der Waals surface area (Å²) < 4.78 is 5.56. The Morgan fingerprint density at radius 2 is 1.85 bits per heavy atom. The molecule has 7 heteroatoms. The SMILES string of the molecule is NC(=O)C(NC1CCC(c2c[nH]c3ccccc23)CC1)C1CCN(C(=O)C=Cc2ccc3c(c2)CCO3)CC1. The molecule has 7 nitrogen and oxygen atoms in total. The van der Waals surface area contributed by atoms with Crippen LogP contribution in [0.25, 0.3) is 17.0 Å². The summed E-state index contributed by atoms with van der Waals surface area (Å²) in [4.78, 5) is 30.6. The summed E-state index contributed by atoms with van der Waals surface area (Å²) in [6, 6.07) is 14.5. The third-order valence-corrected chi connectivity index (χ3v) is 8.96. The summed E-state index contributed by atoms with van der Waals surface area (Å²) in [5.74, 6) is 1.38. The number of benzene rings is 2. The van der Waals surface area contributed by atoms with Crippen LogP contribution in [0, 0.1) is 5.92 Å². The van der Waals surface area contributed by atoms with Crippen LogP contribution in [0.1, 0.15) is 61.1 Å². The molecule has 39 heavy (non-hydrogen) atoms. The molecule has 2 fully saturated rings. The molecule has 2 amide bonds. The number of H-pyrrole nitrogens is 1. The molecule has 2 aliphatic heterocycles. The van der Waals surface area contributed by atoms with Crippen molar-refractivity contribution in [2.24, 2.45) is 11.7 Å². The third kappa shape index (κ3) is 5.59. The van der Waals surface area contributed by atoms with Gasteiger partial charge in [0.15, 0.2) is 0 Å². The highest BCUT2D eigenvalue weighted by Gasteiger charge is 2.34. The number of likely N-dealkylation sites (tertiary alicyclic amines) is 1. The van der Waals surface area contributed by atoms with Crippen molar-refractivity contribution in [3.8, 4) is 5.75 Å². The number of amides is 2. The number of nitrogens with zero attached hydrogens (tertiary/aromatic N) is 1. The minimum Gasteiger partial charge on any atom is -0.493 e. The van der Waals surface area contributed by atoms with Crippen molar-refractivity contribution in [2.45, 2.75) is 62.9 Å². The lowest BCUT2D eigenvalue weighted by molar-refractivity contribution is -0.128. The molecule has 0 bridgehead atoms. The molecule has 1 saturated heterocycles. The zero-order valence-electron chi connectivity index (χ0n) is 22.4. The van der Waals surface area contributed by atoms with Gasteiger partial charge in [-0.3, -0.25) is 9.59 Å². The number of primary amides is 1. The number of aromatic amines is 1. The van der Waals surface area contributed by atoms with Crippen LogP contribution in [0.5, 0.6) is 5.75 Å². The summed E-state index contributed by atoms with van der Waals surface area (Å²) in [7, 11) is 0. The number of carbonyl (C=O) groups excluding carboxylic acids is 2. The molecule has 1 atom stereocenters. The van der Waals surface area contributed by atoms with E-state index in [0.29, 0.717) is 25.0 Å². The molecule has 3 aromatic rings. The molecule has 1 saturated carbocycles. The van der Waals surface area contributed by atoms with Gasteiger partial charge >= 0.3 is 0 Å². The first-order valence-corrected chi connectivity index (χ1v) is 14.4. The van der Waals surface area contributed by atoms with E-state index >= 15 is 0 Å². The van der Waals surface area contributed by atoms with Crippen molar-refractivity contribution in [2.75, 3.05) is 19.7 Å². The van der Waals surface area contributed by atoms with Gasteiger partial charge in [-0.1, -0.05) is 24.3 Å². The number of nitrogens with one attached hydrogen (secondary N) is 2. The number of para-hydroxylation sites is 1. The zero-order chi connectivity index (χ0) is 26.8. The van der Waals surface area contributed by atoms with E-state index in [1.54, 1.807) is 6.08 Å². The molecule has 6 rings (SSSR count). The second kappa shape index (κ2) is 11.3. The summed E-state index contributed by atoms with van der Waals surface area (Å²) >= 11 is 0. The molecule has 3 heterocycles. The first-order chi connectivity index (χ1) is 19.0. The molecule has 0 spiro atoms. The molecule has 1 aromatic heterocycles. The van der Waals surface area contributed by atoms with E-state index in [0.717, 1.165) is 62.9 Å². The lowest BCUT2D eigenvalue weighted by atomic mass is 9.80. The fourth-order valence-electron chi connectivity index (χ4n) is 6.74. The largest absolute Gasteiger partial charge is 0.493 e. The molecular weight excluding hydrogens is 488 g/mol. The quantitative estimate of drug-likeness (QED) is 0.394. The highest BCUT2D eigenvalue weighted by atomic mass is 16.5. The molecule has 4 N–H and O–H groups in total. The van der Waals surface area contributed by atoms with Crippen LogP contribution in [-0.4, -0.2) is 53.5 Å². The summed E-state index contributed by atoms with van der Waals surface area (Å²) in [6.45, 7) is 2.01. The second-order valence-electron chi connectivity index (χ2n) is 11.3. The highest BCUT2D eigenvalue weighted by molar-refractivity contribution is 5.92. The molecule has 3 aliphatic rings. The predicted molar refractivity (Wildman–Crippen MR) is 153 cm³/mol. The topological polar surface area (TPSA) is 100 Å². The van der Waals surface area contributed by atoms with Crippen molar-refractivity contribution >= 4 is 28.8 Å². The Hall–Kier alpha value is -3.58. The van der Waals surface area contributed by atoms with E-state index in [1.165, 1.54) is 22.0 Å². The third-order valence-electron chi connectivity index (χ3n) is 8.96. The minimum absolute atomic E-state index is 0.0179. The van der Waals surface area contributed by atoms with Crippen molar-refractivity contribution in [3.63, 3.8) is 0 Å². The Morgan fingerprint density at radius 1 is 1.05 bits per heavy atom. The average Bonchev–Trinajstić information content (AvgIpc) is 3.62. The highest BCUT2D eigenvalue weighted by Crippen LogP contribution is 2.37. The first kappa shape index (κ1) is 25.7. The second-order valence-corrected chi connectivity index (χ2v) is 11.3. The Balaban J connectivity index is 0.998. The van der Waals surface area contributed by atoms with E-state index in [2.05, 4.69) is 46.8 Å². The number of rotatable bonds is 7. The smallest absolute Gasteiger partial charge is 0.246 e. The molecule has 1 aliphatic carbocycles. The number of ether oxygens (including phenoxy) is 1. The molecule has 0 radical (unpaired) electrons. The van der Waals surface area contributed by atoms with Crippen LogP contribution in [0.3, 0.4) is 0 Å². The van der Waals surface area contributed by atoms with Crippen molar-refractivity contribution in [3.05, 3.63) is 71.4 Å². The van der Waals surface area contributed by atoms with Gasteiger partial charge in [0.05, 0.1) is 12.6 Å². The molecule has 204 valence electrons. The fraction of sp³-hybridized carbons (Fsp3) is 0.438. The normalized spacial score (nSPS) is 22.6. The number of aromatic nitrogens is 1. The maximum absolute atomic E-state index is 12.8. The first-order valence-electron chi connectivity index (χ1n) is 14.4. The molecular formula is C32H38N4O3. The van der Waals surface area contributed by atoms with E-state index in [9.17, 15) is 9.59 Å². The monoisotopic (exact) mass is 526 g/mol. The number of fused-ring (bicyclic) bond motifs is 2. The predicted octanol–water partition coefficient (Wildman–Crippen LogP) is 4.52. The Labute approximate surface area is 229 Å². The van der Waals surface area contributed by atoms with Crippen molar-refractivity contribution in [1.29, 1.82) is 0 Å². The van der Waals surface area contributed by atoms with Crippen LogP contribution in [0.4, 0.5) is 0 Å². The summed E-state index contributed by atoms with van der Waals surface area (Å²) in [5.41, 5.74) is 10.7.